The van der Waals surface area contributed by atoms with Crippen LogP contribution in [0.2, 0.25) is 0 Å². The van der Waals surface area contributed by atoms with Gasteiger partial charge in [0.25, 0.3) is 0 Å². The van der Waals surface area contributed by atoms with Gasteiger partial charge < -0.3 is 5.32 Å². The highest BCUT2D eigenvalue weighted by atomic mass is 15.3. The number of rotatable bonds is 3. The zero-order valence-corrected chi connectivity index (χ0v) is 12.6. The van der Waals surface area contributed by atoms with Gasteiger partial charge in [-0.05, 0) is 46.6 Å². The average Bonchev–Trinajstić information content (AvgIpc) is 2.89. The maximum Gasteiger partial charge on any atom is 0.0641 e. The number of aromatic nitrogens is 2. The van der Waals surface area contributed by atoms with E-state index in [2.05, 4.69) is 42.4 Å². The highest BCUT2D eigenvalue weighted by Crippen LogP contribution is 2.33. The summed E-state index contributed by atoms with van der Waals surface area (Å²) in [7, 11) is 4.29. The Morgan fingerprint density at radius 2 is 2.00 bits per heavy atom. The predicted octanol–water partition coefficient (Wildman–Crippen LogP) is 2.00. The first-order valence-corrected chi connectivity index (χ1v) is 7.52. The van der Waals surface area contributed by atoms with Crippen LogP contribution in [0.5, 0.6) is 0 Å². The second-order valence-corrected chi connectivity index (χ2v) is 6.45. The molecule has 2 aliphatic rings. The van der Waals surface area contributed by atoms with Gasteiger partial charge in [-0.3, -0.25) is 9.58 Å². The van der Waals surface area contributed by atoms with Crippen molar-refractivity contribution in [3.05, 3.63) is 17.5 Å². The fourth-order valence-electron chi connectivity index (χ4n) is 3.92. The monoisotopic (exact) mass is 262 g/mol. The SMILES string of the molecule is Cc1nn(C)cc1C(C)N(C)C1CC2CCC(C1)N2. The summed E-state index contributed by atoms with van der Waals surface area (Å²) in [5.74, 6) is 0. The second kappa shape index (κ2) is 4.91. The van der Waals surface area contributed by atoms with Crippen molar-refractivity contribution in [3.63, 3.8) is 0 Å². The molecule has 106 valence electrons. The summed E-state index contributed by atoms with van der Waals surface area (Å²) in [5, 5.41) is 8.21. The summed E-state index contributed by atoms with van der Waals surface area (Å²) < 4.78 is 1.93. The maximum atomic E-state index is 4.48. The maximum absolute atomic E-state index is 4.48. The molecule has 0 radical (unpaired) electrons. The summed E-state index contributed by atoms with van der Waals surface area (Å²) in [6, 6.07) is 2.69. The summed E-state index contributed by atoms with van der Waals surface area (Å²) >= 11 is 0. The molecule has 0 aliphatic carbocycles. The molecule has 2 fully saturated rings. The Morgan fingerprint density at radius 3 is 2.53 bits per heavy atom. The van der Waals surface area contributed by atoms with Gasteiger partial charge in [-0.2, -0.15) is 5.10 Å². The second-order valence-electron chi connectivity index (χ2n) is 6.45. The summed E-state index contributed by atoms with van der Waals surface area (Å²) in [4.78, 5) is 2.57. The molecule has 3 heterocycles. The number of fused-ring (bicyclic) bond motifs is 2. The lowest BCUT2D eigenvalue weighted by molar-refractivity contribution is 0.132. The Labute approximate surface area is 116 Å². The van der Waals surface area contributed by atoms with Crippen LogP contribution in [0.15, 0.2) is 6.20 Å². The Kier molecular flexibility index (Phi) is 3.39. The van der Waals surface area contributed by atoms with Gasteiger partial charge in [0.15, 0.2) is 0 Å². The normalized spacial score (nSPS) is 31.9. The van der Waals surface area contributed by atoms with E-state index >= 15 is 0 Å². The number of hydrogen-bond donors (Lipinski definition) is 1. The number of nitrogens with one attached hydrogen (secondary N) is 1. The Hall–Kier alpha value is -0.870. The van der Waals surface area contributed by atoms with Crippen molar-refractivity contribution < 1.29 is 0 Å². The molecule has 0 saturated carbocycles. The first kappa shape index (κ1) is 13.1. The van der Waals surface area contributed by atoms with E-state index < -0.39 is 0 Å². The van der Waals surface area contributed by atoms with Crippen LogP contribution in [0.4, 0.5) is 0 Å². The standard InChI is InChI=1S/C15H26N4/c1-10-15(9-18(3)17-10)11(2)19(4)14-7-12-5-6-13(8-14)16-12/h9,11-14,16H,5-8H2,1-4H3. The highest BCUT2D eigenvalue weighted by molar-refractivity contribution is 5.19. The molecule has 19 heavy (non-hydrogen) atoms. The highest BCUT2D eigenvalue weighted by Gasteiger charge is 2.36. The predicted molar refractivity (Wildman–Crippen MR) is 77.1 cm³/mol. The number of hydrogen-bond acceptors (Lipinski definition) is 3. The molecule has 3 atom stereocenters. The summed E-state index contributed by atoms with van der Waals surface area (Å²) in [6.45, 7) is 4.43. The van der Waals surface area contributed by atoms with Crippen molar-refractivity contribution in [1.29, 1.82) is 0 Å². The van der Waals surface area contributed by atoms with E-state index in [1.807, 2.05) is 11.7 Å². The fraction of sp³-hybridized carbons (Fsp3) is 0.800. The van der Waals surface area contributed by atoms with E-state index in [-0.39, 0.29) is 0 Å². The van der Waals surface area contributed by atoms with Gasteiger partial charge in [0, 0.05) is 43.0 Å². The molecular formula is C15H26N4. The van der Waals surface area contributed by atoms with Crippen molar-refractivity contribution in [2.75, 3.05) is 7.05 Å². The van der Waals surface area contributed by atoms with Gasteiger partial charge in [0.05, 0.1) is 5.69 Å². The smallest absolute Gasteiger partial charge is 0.0641 e. The minimum atomic E-state index is 0.455. The van der Waals surface area contributed by atoms with Gasteiger partial charge in [-0.15, -0.1) is 0 Å². The van der Waals surface area contributed by atoms with Crippen molar-refractivity contribution in [3.8, 4) is 0 Å². The molecule has 0 amide bonds. The molecule has 2 saturated heterocycles. The number of aryl methyl sites for hydroxylation is 2. The van der Waals surface area contributed by atoms with Gasteiger partial charge in [-0.1, -0.05) is 0 Å². The van der Waals surface area contributed by atoms with Crippen LogP contribution in [0.1, 0.15) is 49.9 Å². The van der Waals surface area contributed by atoms with E-state index in [1.165, 1.54) is 36.9 Å². The molecule has 4 nitrogen and oxygen atoms in total. The first-order chi connectivity index (χ1) is 9.04. The molecule has 2 aliphatic heterocycles. The lowest BCUT2D eigenvalue weighted by Crippen LogP contribution is -2.47. The average molecular weight is 262 g/mol. The molecular weight excluding hydrogens is 236 g/mol. The van der Waals surface area contributed by atoms with Crippen molar-refractivity contribution >= 4 is 0 Å². The molecule has 0 aromatic carbocycles. The van der Waals surface area contributed by atoms with Gasteiger partial charge in [0.2, 0.25) is 0 Å². The van der Waals surface area contributed by atoms with Gasteiger partial charge in [-0.25, -0.2) is 0 Å². The van der Waals surface area contributed by atoms with Gasteiger partial charge in [0.1, 0.15) is 0 Å². The third-order valence-electron chi connectivity index (χ3n) is 5.14. The van der Waals surface area contributed by atoms with E-state index in [9.17, 15) is 0 Å². The Balaban J connectivity index is 1.72. The van der Waals surface area contributed by atoms with Crippen molar-refractivity contribution in [2.24, 2.45) is 7.05 Å². The lowest BCUT2D eigenvalue weighted by Gasteiger charge is -2.38. The van der Waals surface area contributed by atoms with E-state index in [0.29, 0.717) is 12.1 Å². The third kappa shape index (κ3) is 2.43. The largest absolute Gasteiger partial charge is 0.311 e. The van der Waals surface area contributed by atoms with Crippen molar-refractivity contribution in [1.82, 2.24) is 20.0 Å². The molecule has 1 aromatic rings. The number of piperidine rings is 1. The molecule has 3 unspecified atom stereocenters. The zero-order chi connectivity index (χ0) is 13.6. The first-order valence-electron chi connectivity index (χ1n) is 7.52. The molecule has 0 spiro atoms. The molecule has 1 N–H and O–H groups in total. The van der Waals surface area contributed by atoms with Crippen LogP contribution in [-0.2, 0) is 7.05 Å². The van der Waals surface area contributed by atoms with E-state index in [1.54, 1.807) is 0 Å². The summed E-state index contributed by atoms with van der Waals surface area (Å²) in [6.07, 6.45) is 7.52. The number of nitrogens with zero attached hydrogens (tertiary/aromatic N) is 3. The topological polar surface area (TPSA) is 33.1 Å². The molecule has 4 heteroatoms. The zero-order valence-electron chi connectivity index (χ0n) is 12.6. The van der Waals surface area contributed by atoms with Crippen LogP contribution >= 0.6 is 0 Å². The van der Waals surface area contributed by atoms with Crippen LogP contribution in [0.3, 0.4) is 0 Å². The van der Waals surface area contributed by atoms with E-state index in [0.717, 1.165) is 12.1 Å². The molecule has 1 aromatic heterocycles. The Bertz CT molecular complexity index is 441. The molecule has 2 bridgehead atoms. The van der Waals surface area contributed by atoms with Gasteiger partial charge >= 0.3 is 0 Å². The quantitative estimate of drug-likeness (QED) is 0.904. The van der Waals surface area contributed by atoms with Crippen LogP contribution in [0.25, 0.3) is 0 Å². The van der Waals surface area contributed by atoms with Crippen molar-refractivity contribution in [2.45, 2.75) is 63.7 Å². The summed E-state index contributed by atoms with van der Waals surface area (Å²) in [5.41, 5.74) is 2.54. The molecule has 3 rings (SSSR count). The third-order valence-corrected chi connectivity index (χ3v) is 5.14. The minimum Gasteiger partial charge on any atom is -0.311 e. The lowest BCUT2D eigenvalue weighted by atomic mass is 9.96. The minimum absolute atomic E-state index is 0.455. The van der Waals surface area contributed by atoms with Crippen LogP contribution in [-0.4, -0.2) is 39.9 Å². The van der Waals surface area contributed by atoms with E-state index in [4.69, 9.17) is 0 Å². The fourth-order valence-corrected chi connectivity index (χ4v) is 3.92. The Morgan fingerprint density at radius 1 is 1.37 bits per heavy atom. The van der Waals surface area contributed by atoms with Crippen LogP contribution in [0, 0.1) is 6.92 Å². The van der Waals surface area contributed by atoms with Crippen LogP contribution < -0.4 is 5.32 Å².